The molecule has 0 amide bonds. The molecule has 0 radical (unpaired) electrons. The number of hydrogen-bond acceptors (Lipinski definition) is 7. The number of esters is 1. The Morgan fingerprint density at radius 1 is 1.07 bits per heavy atom. The third-order valence-corrected chi connectivity index (χ3v) is 4.37. The summed E-state index contributed by atoms with van der Waals surface area (Å²) in [7, 11) is 3.28. The quantitative estimate of drug-likeness (QED) is 0.525. The Morgan fingerprint density at radius 2 is 1.97 bits per heavy atom. The maximum Gasteiger partial charge on any atom is 0.337 e. The van der Waals surface area contributed by atoms with Crippen LogP contribution in [-0.2, 0) is 11.8 Å². The first-order chi connectivity index (χ1) is 14.2. The molecule has 0 aliphatic rings. The molecule has 0 spiro atoms. The van der Waals surface area contributed by atoms with E-state index in [0.717, 1.165) is 22.8 Å². The van der Waals surface area contributed by atoms with Crippen LogP contribution in [0.3, 0.4) is 0 Å². The molecule has 3 heterocycles. The van der Waals surface area contributed by atoms with Crippen LogP contribution in [0.5, 0.6) is 0 Å². The summed E-state index contributed by atoms with van der Waals surface area (Å²) in [5.74, 6) is 0.807. The first-order valence-electron chi connectivity index (χ1n) is 8.86. The lowest BCUT2D eigenvalue weighted by atomic mass is 10.2. The van der Waals surface area contributed by atoms with Crippen LogP contribution >= 0.6 is 0 Å². The number of hydrogen-bond donors (Lipinski definition) is 1. The van der Waals surface area contributed by atoms with E-state index in [1.807, 2.05) is 35.9 Å². The SMILES string of the molecule is COC(=O)c1cccc(Nc2nccc(-c3cnc(-c4cccnc4)n3C)n2)c1. The summed E-state index contributed by atoms with van der Waals surface area (Å²) in [4.78, 5) is 29.2. The van der Waals surface area contributed by atoms with Crippen molar-refractivity contribution in [2.24, 2.45) is 7.05 Å². The van der Waals surface area contributed by atoms with Crippen molar-refractivity contribution < 1.29 is 9.53 Å². The number of methoxy groups -OCH3 is 1. The van der Waals surface area contributed by atoms with Gasteiger partial charge in [0.1, 0.15) is 5.82 Å². The van der Waals surface area contributed by atoms with Gasteiger partial charge in [-0.05, 0) is 36.4 Å². The number of aromatic nitrogens is 5. The molecule has 0 fully saturated rings. The van der Waals surface area contributed by atoms with Gasteiger partial charge in [0, 0.05) is 36.9 Å². The van der Waals surface area contributed by atoms with Crippen LogP contribution in [0.15, 0.2) is 67.3 Å². The highest BCUT2D eigenvalue weighted by Gasteiger charge is 2.13. The van der Waals surface area contributed by atoms with Crippen LogP contribution in [-0.4, -0.2) is 37.6 Å². The smallest absolute Gasteiger partial charge is 0.337 e. The average molecular weight is 386 g/mol. The second-order valence-corrected chi connectivity index (χ2v) is 6.23. The number of ether oxygens (including phenoxy) is 1. The van der Waals surface area contributed by atoms with Crippen molar-refractivity contribution >= 4 is 17.6 Å². The van der Waals surface area contributed by atoms with Gasteiger partial charge in [-0.25, -0.2) is 19.7 Å². The third-order valence-electron chi connectivity index (χ3n) is 4.37. The van der Waals surface area contributed by atoms with E-state index >= 15 is 0 Å². The molecule has 0 aliphatic carbocycles. The van der Waals surface area contributed by atoms with Gasteiger partial charge in [0.2, 0.25) is 5.95 Å². The number of anilines is 2. The van der Waals surface area contributed by atoms with E-state index in [4.69, 9.17) is 4.74 Å². The summed E-state index contributed by atoms with van der Waals surface area (Å²) in [6, 6.07) is 12.6. The summed E-state index contributed by atoms with van der Waals surface area (Å²) in [5.41, 5.74) is 3.62. The van der Waals surface area contributed by atoms with Crippen molar-refractivity contribution in [3.63, 3.8) is 0 Å². The van der Waals surface area contributed by atoms with Gasteiger partial charge in [-0.3, -0.25) is 4.98 Å². The molecule has 4 rings (SSSR count). The average Bonchev–Trinajstić information content (AvgIpc) is 3.15. The van der Waals surface area contributed by atoms with E-state index in [1.165, 1.54) is 7.11 Å². The van der Waals surface area contributed by atoms with Gasteiger partial charge in [-0.15, -0.1) is 0 Å². The molecular formula is C21H18N6O2. The standard InChI is InChI=1S/C21H18N6O2/c1-27-18(13-24-19(27)15-6-4-9-22-12-15)17-8-10-23-21(26-17)25-16-7-3-5-14(11-16)20(28)29-2/h3-13H,1-2H3,(H,23,25,26). The summed E-state index contributed by atoms with van der Waals surface area (Å²) in [6.45, 7) is 0. The molecule has 144 valence electrons. The molecule has 0 unspecified atom stereocenters. The van der Waals surface area contributed by atoms with E-state index in [0.29, 0.717) is 17.2 Å². The molecule has 1 N–H and O–H groups in total. The number of benzene rings is 1. The Kier molecular flexibility index (Phi) is 4.98. The molecule has 8 nitrogen and oxygen atoms in total. The summed E-state index contributed by atoms with van der Waals surface area (Å²) < 4.78 is 6.72. The zero-order chi connectivity index (χ0) is 20.2. The fourth-order valence-electron chi connectivity index (χ4n) is 2.94. The van der Waals surface area contributed by atoms with Crippen LogP contribution in [0.1, 0.15) is 10.4 Å². The molecular weight excluding hydrogens is 368 g/mol. The number of carbonyl (C=O) groups excluding carboxylic acids is 1. The summed E-state index contributed by atoms with van der Waals surface area (Å²) >= 11 is 0. The second-order valence-electron chi connectivity index (χ2n) is 6.23. The van der Waals surface area contributed by atoms with Gasteiger partial charge in [-0.1, -0.05) is 6.07 Å². The fourth-order valence-corrected chi connectivity index (χ4v) is 2.94. The molecule has 0 atom stereocenters. The predicted octanol–water partition coefficient (Wildman–Crippen LogP) is 3.47. The first-order valence-corrected chi connectivity index (χ1v) is 8.86. The van der Waals surface area contributed by atoms with Crippen LogP contribution < -0.4 is 5.32 Å². The Balaban J connectivity index is 1.62. The number of nitrogens with one attached hydrogen (secondary N) is 1. The molecule has 0 bridgehead atoms. The van der Waals surface area contributed by atoms with Gasteiger partial charge in [0.05, 0.1) is 30.3 Å². The van der Waals surface area contributed by atoms with Gasteiger partial charge in [-0.2, -0.15) is 0 Å². The first kappa shape index (κ1) is 18.3. The second kappa shape index (κ2) is 7.89. The van der Waals surface area contributed by atoms with Crippen LogP contribution in [0, 0.1) is 0 Å². The normalized spacial score (nSPS) is 10.6. The van der Waals surface area contributed by atoms with Crippen LogP contribution in [0.2, 0.25) is 0 Å². The molecule has 1 aromatic carbocycles. The molecule has 8 heteroatoms. The van der Waals surface area contributed by atoms with E-state index in [9.17, 15) is 4.79 Å². The lowest BCUT2D eigenvalue weighted by molar-refractivity contribution is 0.0601. The van der Waals surface area contributed by atoms with E-state index in [-0.39, 0.29) is 0 Å². The van der Waals surface area contributed by atoms with Gasteiger partial charge < -0.3 is 14.6 Å². The highest BCUT2D eigenvalue weighted by atomic mass is 16.5. The van der Waals surface area contributed by atoms with Gasteiger partial charge in [0.15, 0.2) is 0 Å². The minimum Gasteiger partial charge on any atom is -0.465 e. The highest BCUT2D eigenvalue weighted by Crippen LogP contribution is 2.24. The number of carbonyl (C=O) groups is 1. The largest absolute Gasteiger partial charge is 0.465 e. The Hall–Kier alpha value is -4.07. The maximum atomic E-state index is 11.7. The number of imidazole rings is 1. The van der Waals surface area contributed by atoms with Crippen LogP contribution in [0.4, 0.5) is 11.6 Å². The zero-order valence-electron chi connectivity index (χ0n) is 15.9. The van der Waals surface area contributed by atoms with Crippen molar-refractivity contribution in [3.8, 4) is 22.8 Å². The summed E-state index contributed by atoms with van der Waals surface area (Å²) in [5, 5.41) is 3.12. The Labute approximate surface area is 167 Å². The van der Waals surface area contributed by atoms with Gasteiger partial charge in [0.25, 0.3) is 0 Å². The lowest BCUT2D eigenvalue weighted by Crippen LogP contribution is -2.03. The van der Waals surface area contributed by atoms with Crippen molar-refractivity contribution in [2.75, 3.05) is 12.4 Å². The lowest BCUT2D eigenvalue weighted by Gasteiger charge is -2.09. The van der Waals surface area contributed by atoms with Gasteiger partial charge >= 0.3 is 5.97 Å². The molecule has 0 saturated heterocycles. The predicted molar refractivity (Wildman–Crippen MR) is 109 cm³/mol. The number of pyridine rings is 1. The summed E-state index contributed by atoms with van der Waals surface area (Å²) in [6.07, 6.45) is 6.94. The minimum atomic E-state index is -0.402. The van der Waals surface area contributed by atoms with Crippen molar-refractivity contribution in [3.05, 3.63) is 72.8 Å². The Morgan fingerprint density at radius 3 is 2.76 bits per heavy atom. The van der Waals surface area contributed by atoms with Crippen molar-refractivity contribution in [1.82, 2.24) is 24.5 Å². The molecule has 4 aromatic rings. The zero-order valence-corrected chi connectivity index (χ0v) is 15.9. The molecule has 29 heavy (non-hydrogen) atoms. The van der Waals surface area contributed by atoms with Crippen LogP contribution in [0.25, 0.3) is 22.8 Å². The Bertz CT molecular complexity index is 1160. The van der Waals surface area contributed by atoms with Crippen molar-refractivity contribution in [1.29, 1.82) is 0 Å². The topological polar surface area (TPSA) is 94.8 Å². The van der Waals surface area contributed by atoms with E-state index < -0.39 is 5.97 Å². The monoisotopic (exact) mass is 386 g/mol. The molecule has 0 saturated carbocycles. The highest BCUT2D eigenvalue weighted by molar-refractivity contribution is 5.90. The van der Waals surface area contributed by atoms with E-state index in [1.54, 1.807) is 43.0 Å². The minimum absolute atomic E-state index is 0.402. The molecule has 3 aromatic heterocycles. The third kappa shape index (κ3) is 3.81. The fraction of sp³-hybridized carbons (Fsp3) is 0.0952. The number of nitrogens with zero attached hydrogens (tertiary/aromatic N) is 5. The van der Waals surface area contributed by atoms with Crippen molar-refractivity contribution in [2.45, 2.75) is 0 Å². The molecule has 0 aliphatic heterocycles. The maximum absolute atomic E-state index is 11.7. The number of rotatable bonds is 5. The van der Waals surface area contributed by atoms with E-state index in [2.05, 4.69) is 25.3 Å².